The number of nitrogens with two attached hydrogens (primary N) is 1. The number of ketones is 1. The molecule has 8 nitrogen and oxygen atoms in total. The lowest BCUT2D eigenvalue weighted by Gasteiger charge is -2.25. The number of halogens is 1. The molecule has 1 fully saturated rings. The number of rotatable bonds is 4. The predicted molar refractivity (Wildman–Crippen MR) is 118 cm³/mol. The fourth-order valence-electron chi connectivity index (χ4n) is 3.51. The number of pyridine rings is 1. The zero-order chi connectivity index (χ0) is 23.0. The van der Waals surface area contributed by atoms with Crippen LogP contribution in [0.2, 0.25) is 5.02 Å². The molecular formula is C22H16ClN3O5S. The molecule has 1 aromatic heterocycles. The van der Waals surface area contributed by atoms with Gasteiger partial charge in [0.15, 0.2) is 0 Å². The summed E-state index contributed by atoms with van der Waals surface area (Å²) in [5, 5.41) is 16.6. The number of aliphatic hydroxyl groups is 1. The Morgan fingerprint density at radius 3 is 2.25 bits per heavy atom. The van der Waals surface area contributed by atoms with Gasteiger partial charge in [0.1, 0.15) is 5.76 Å². The van der Waals surface area contributed by atoms with Crippen molar-refractivity contribution in [2.24, 2.45) is 5.14 Å². The molecule has 0 saturated carbocycles. The van der Waals surface area contributed by atoms with Crippen LogP contribution < -0.4 is 10.0 Å². The first-order valence-corrected chi connectivity index (χ1v) is 11.2. The Bertz CT molecular complexity index is 1340. The highest BCUT2D eigenvalue weighted by atomic mass is 35.5. The van der Waals surface area contributed by atoms with Gasteiger partial charge in [-0.1, -0.05) is 17.7 Å². The van der Waals surface area contributed by atoms with Crippen molar-refractivity contribution in [3.8, 4) is 0 Å². The monoisotopic (exact) mass is 469 g/mol. The fourth-order valence-corrected chi connectivity index (χ4v) is 4.15. The zero-order valence-corrected chi connectivity index (χ0v) is 17.9. The van der Waals surface area contributed by atoms with E-state index in [9.17, 15) is 23.1 Å². The van der Waals surface area contributed by atoms with Gasteiger partial charge < -0.3 is 5.11 Å². The van der Waals surface area contributed by atoms with Gasteiger partial charge in [0.2, 0.25) is 10.0 Å². The number of carbonyl (C=O) groups excluding carboxylic acids is 2. The smallest absolute Gasteiger partial charge is 0.300 e. The van der Waals surface area contributed by atoms with Crippen molar-refractivity contribution in [3.05, 3.63) is 94.8 Å². The molecule has 10 heteroatoms. The predicted octanol–water partition coefficient (Wildman–Crippen LogP) is 3.01. The highest BCUT2D eigenvalue weighted by Crippen LogP contribution is 2.42. The largest absolute Gasteiger partial charge is 0.507 e. The van der Waals surface area contributed by atoms with Crippen molar-refractivity contribution in [1.29, 1.82) is 0 Å². The van der Waals surface area contributed by atoms with E-state index in [0.717, 1.165) is 0 Å². The van der Waals surface area contributed by atoms with Crippen LogP contribution in [0.5, 0.6) is 0 Å². The number of aliphatic hydroxyl groups excluding tert-OH is 1. The Morgan fingerprint density at radius 1 is 1.03 bits per heavy atom. The van der Waals surface area contributed by atoms with Crippen LogP contribution in [0, 0.1) is 0 Å². The second-order valence-electron chi connectivity index (χ2n) is 7.00. The first-order chi connectivity index (χ1) is 15.2. The molecule has 2 heterocycles. The number of amides is 1. The van der Waals surface area contributed by atoms with Gasteiger partial charge >= 0.3 is 0 Å². The van der Waals surface area contributed by atoms with Crippen LogP contribution in [0.3, 0.4) is 0 Å². The molecule has 1 atom stereocenters. The number of benzene rings is 2. The van der Waals surface area contributed by atoms with Crippen LogP contribution in [-0.2, 0) is 19.6 Å². The van der Waals surface area contributed by atoms with Crippen molar-refractivity contribution in [2.75, 3.05) is 4.90 Å². The molecular weight excluding hydrogens is 454 g/mol. The second kappa shape index (κ2) is 8.19. The van der Waals surface area contributed by atoms with E-state index in [1.807, 2.05) is 0 Å². The number of sulfonamides is 1. The molecule has 32 heavy (non-hydrogen) atoms. The van der Waals surface area contributed by atoms with Gasteiger partial charge in [-0.2, -0.15) is 0 Å². The maximum Gasteiger partial charge on any atom is 0.300 e. The molecule has 1 unspecified atom stereocenters. The molecule has 3 aromatic rings. The van der Waals surface area contributed by atoms with Crippen LogP contribution >= 0.6 is 11.6 Å². The molecule has 4 rings (SSSR count). The lowest BCUT2D eigenvalue weighted by Crippen LogP contribution is -2.29. The number of hydrogen-bond donors (Lipinski definition) is 2. The van der Waals surface area contributed by atoms with E-state index in [1.165, 1.54) is 53.7 Å². The summed E-state index contributed by atoms with van der Waals surface area (Å²) in [6.45, 7) is 0. The Balaban J connectivity index is 1.90. The third kappa shape index (κ3) is 3.89. The number of aromatic nitrogens is 1. The Kier molecular flexibility index (Phi) is 5.55. The molecule has 1 saturated heterocycles. The number of hydrogen-bond acceptors (Lipinski definition) is 6. The molecule has 3 N–H and O–H groups in total. The minimum Gasteiger partial charge on any atom is -0.507 e. The minimum atomic E-state index is -3.94. The molecule has 0 spiro atoms. The van der Waals surface area contributed by atoms with E-state index in [4.69, 9.17) is 16.7 Å². The normalized spacial score (nSPS) is 18.2. The minimum absolute atomic E-state index is 0.124. The summed E-state index contributed by atoms with van der Waals surface area (Å²) >= 11 is 5.91. The van der Waals surface area contributed by atoms with Crippen molar-refractivity contribution in [2.45, 2.75) is 10.9 Å². The standard InChI is InChI=1S/C22H16ClN3O5S/c23-15-5-3-13(4-6-15)20(27)18-19(14-2-1-11-25-12-14)26(22(29)21(18)28)16-7-9-17(10-8-16)32(24,30)31/h1-12,19,27H,(H2,24,30,31)/b20-18+. The van der Waals surface area contributed by atoms with Gasteiger partial charge in [-0.25, -0.2) is 13.6 Å². The Labute approximate surface area is 188 Å². The van der Waals surface area contributed by atoms with Crippen molar-refractivity contribution >= 4 is 44.8 Å². The van der Waals surface area contributed by atoms with Crippen LogP contribution in [0.15, 0.2) is 83.5 Å². The zero-order valence-electron chi connectivity index (χ0n) is 16.3. The molecule has 1 amide bonds. The quantitative estimate of drug-likeness (QED) is 0.343. The second-order valence-corrected chi connectivity index (χ2v) is 9.00. The van der Waals surface area contributed by atoms with Gasteiger partial charge in [0, 0.05) is 28.7 Å². The van der Waals surface area contributed by atoms with Crippen molar-refractivity contribution < 1.29 is 23.1 Å². The molecule has 162 valence electrons. The molecule has 0 radical (unpaired) electrons. The number of carbonyl (C=O) groups is 2. The van der Waals surface area contributed by atoms with Gasteiger partial charge in [0.25, 0.3) is 11.7 Å². The Morgan fingerprint density at radius 2 is 1.69 bits per heavy atom. The summed E-state index contributed by atoms with van der Waals surface area (Å²) in [6.07, 6.45) is 3.02. The summed E-state index contributed by atoms with van der Waals surface area (Å²) in [5.74, 6) is -2.13. The fraction of sp³-hybridized carbons (Fsp3) is 0.0455. The van der Waals surface area contributed by atoms with E-state index < -0.39 is 27.8 Å². The van der Waals surface area contributed by atoms with E-state index in [-0.39, 0.29) is 21.9 Å². The molecule has 0 bridgehead atoms. The van der Waals surface area contributed by atoms with E-state index >= 15 is 0 Å². The van der Waals surface area contributed by atoms with Crippen LogP contribution in [-0.4, -0.2) is 30.2 Å². The average molecular weight is 470 g/mol. The van der Waals surface area contributed by atoms with E-state index in [0.29, 0.717) is 16.1 Å². The summed E-state index contributed by atoms with van der Waals surface area (Å²) < 4.78 is 23.1. The third-order valence-electron chi connectivity index (χ3n) is 5.01. The SMILES string of the molecule is NS(=O)(=O)c1ccc(N2C(=O)C(=O)/C(=C(/O)c3ccc(Cl)cc3)C2c2cccnc2)cc1. The highest BCUT2D eigenvalue weighted by Gasteiger charge is 2.47. The number of primary sulfonamides is 1. The molecule has 2 aromatic carbocycles. The number of Topliss-reactive ketones (excluding diaryl/α,β-unsaturated/α-hetero) is 1. The number of nitrogens with zero attached hydrogens (tertiary/aromatic N) is 2. The van der Waals surface area contributed by atoms with Crippen molar-refractivity contribution in [3.63, 3.8) is 0 Å². The van der Waals surface area contributed by atoms with E-state index in [2.05, 4.69) is 4.98 Å². The topological polar surface area (TPSA) is 131 Å². The first kappa shape index (κ1) is 21.7. The van der Waals surface area contributed by atoms with Gasteiger partial charge in [0.05, 0.1) is 16.5 Å². The summed E-state index contributed by atoms with van der Waals surface area (Å²) in [6, 6.07) is 13.7. The molecule has 1 aliphatic heterocycles. The summed E-state index contributed by atoms with van der Waals surface area (Å²) in [4.78, 5) is 31.1. The number of anilines is 1. The maximum absolute atomic E-state index is 13.0. The van der Waals surface area contributed by atoms with Gasteiger partial charge in [-0.15, -0.1) is 0 Å². The summed E-state index contributed by atoms with van der Waals surface area (Å²) in [5.41, 5.74) is 0.924. The van der Waals surface area contributed by atoms with Crippen molar-refractivity contribution in [1.82, 2.24) is 4.98 Å². The van der Waals surface area contributed by atoms with Crippen LogP contribution in [0.4, 0.5) is 5.69 Å². The highest BCUT2D eigenvalue weighted by molar-refractivity contribution is 7.89. The lowest BCUT2D eigenvalue weighted by molar-refractivity contribution is -0.132. The maximum atomic E-state index is 13.0. The van der Waals surface area contributed by atoms with Gasteiger partial charge in [-0.05, 0) is 60.2 Å². The lowest BCUT2D eigenvalue weighted by atomic mass is 9.96. The van der Waals surface area contributed by atoms with Crippen LogP contribution in [0.25, 0.3) is 5.76 Å². The van der Waals surface area contributed by atoms with Gasteiger partial charge in [-0.3, -0.25) is 19.5 Å². The molecule has 0 aliphatic carbocycles. The average Bonchev–Trinajstić information content (AvgIpc) is 3.04. The van der Waals surface area contributed by atoms with Crippen LogP contribution in [0.1, 0.15) is 17.2 Å². The summed E-state index contributed by atoms with van der Waals surface area (Å²) in [7, 11) is -3.94. The molecule has 1 aliphatic rings. The third-order valence-corrected chi connectivity index (χ3v) is 6.19. The van der Waals surface area contributed by atoms with E-state index in [1.54, 1.807) is 24.3 Å². The first-order valence-electron chi connectivity index (χ1n) is 9.28. The Hall–Kier alpha value is -3.53.